The van der Waals surface area contributed by atoms with Gasteiger partial charge in [-0.05, 0) is 51.2 Å². The summed E-state index contributed by atoms with van der Waals surface area (Å²) < 4.78 is 0. The molecular formula is C15H24N2. The zero-order valence-corrected chi connectivity index (χ0v) is 11.0. The van der Waals surface area contributed by atoms with Crippen molar-refractivity contribution in [3.63, 3.8) is 0 Å². The number of hydrogen-bond donors (Lipinski definition) is 1. The van der Waals surface area contributed by atoms with Gasteiger partial charge in [0.25, 0.3) is 0 Å². The molecule has 1 aromatic rings. The minimum atomic E-state index is 0.432. The Hall–Kier alpha value is -1.02. The van der Waals surface area contributed by atoms with Crippen LogP contribution in [0.4, 0.5) is 5.69 Å². The topological polar surface area (TPSA) is 29.3 Å². The molecule has 0 bridgehead atoms. The van der Waals surface area contributed by atoms with E-state index in [9.17, 15) is 0 Å². The third-order valence-electron chi connectivity index (χ3n) is 3.95. The fourth-order valence-electron chi connectivity index (χ4n) is 2.92. The number of aryl methyl sites for hydroxylation is 1. The Morgan fingerprint density at radius 1 is 1.18 bits per heavy atom. The molecule has 0 unspecified atom stereocenters. The Kier molecular flexibility index (Phi) is 4.06. The average Bonchev–Trinajstić information content (AvgIpc) is 2.35. The van der Waals surface area contributed by atoms with Crippen molar-refractivity contribution >= 4 is 5.69 Å². The van der Waals surface area contributed by atoms with Crippen molar-refractivity contribution in [2.24, 2.45) is 5.73 Å². The first-order valence-electron chi connectivity index (χ1n) is 6.80. The summed E-state index contributed by atoms with van der Waals surface area (Å²) >= 11 is 0. The van der Waals surface area contributed by atoms with Crippen LogP contribution in [0, 0.1) is 6.92 Å². The predicted octanol–water partition coefficient (Wildman–Crippen LogP) is 3.09. The highest BCUT2D eigenvalue weighted by atomic mass is 15.2. The maximum atomic E-state index is 5.99. The number of rotatable bonds is 3. The molecule has 1 fully saturated rings. The molecular weight excluding hydrogens is 208 g/mol. The van der Waals surface area contributed by atoms with E-state index >= 15 is 0 Å². The molecule has 0 amide bonds. The van der Waals surface area contributed by atoms with Crippen molar-refractivity contribution < 1.29 is 0 Å². The number of anilines is 1. The lowest BCUT2D eigenvalue weighted by molar-refractivity contribution is 0.378. The van der Waals surface area contributed by atoms with Gasteiger partial charge in [0.2, 0.25) is 0 Å². The van der Waals surface area contributed by atoms with E-state index in [2.05, 4.69) is 43.0 Å². The van der Waals surface area contributed by atoms with Crippen molar-refractivity contribution in [2.45, 2.75) is 51.6 Å². The first-order valence-corrected chi connectivity index (χ1v) is 6.80. The average molecular weight is 232 g/mol. The number of hydrogen-bond acceptors (Lipinski definition) is 2. The molecule has 1 aromatic carbocycles. The number of benzene rings is 1. The summed E-state index contributed by atoms with van der Waals surface area (Å²) in [4.78, 5) is 2.56. The molecule has 1 aliphatic rings. The van der Waals surface area contributed by atoms with Crippen LogP contribution in [0.1, 0.15) is 38.2 Å². The zero-order chi connectivity index (χ0) is 12.3. The van der Waals surface area contributed by atoms with Crippen molar-refractivity contribution in [1.82, 2.24) is 0 Å². The lowest BCUT2D eigenvalue weighted by Crippen LogP contribution is -2.41. The van der Waals surface area contributed by atoms with E-state index in [4.69, 9.17) is 5.73 Å². The maximum absolute atomic E-state index is 5.99. The fraction of sp³-hybridized carbons (Fsp3) is 0.600. The Morgan fingerprint density at radius 2 is 1.82 bits per heavy atom. The molecule has 2 N–H and O–H groups in total. The number of para-hydroxylation sites is 1. The minimum absolute atomic E-state index is 0.432. The normalized spacial score (nSPS) is 24.6. The van der Waals surface area contributed by atoms with Gasteiger partial charge in [0.15, 0.2) is 0 Å². The second-order valence-electron chi connectivity index (χ2n) is 5.14. The van der Waals surface area contributed by atoms with Gasteiger partial charge in [0.05, 0.1) is 0 Å². The van der Waals surface area contributed by atoms with E-state index < -0.39 is 0 Å². The van der Waals surface area contributed by atoms with Gasteiger partial charge in [-0.2, -0.15) is 0 Å². The SMILES string of the molecule is CCN(c1ccccc1C)C1CCC(N)CC1. The summed E-state index contributed by atoms with van der Waals surface area (Å²) in [5, 5.41) is 0. The Labute approximate surface area is 105 Å². The first-order chi connectivity index (χ1) is 8.22. The Balaban J connectivity index is 2.14. The van der Waals surface area contributed by atoms with Crippen LogP contribution in [0.2, 0.25) is 0 Å². The lowest BCUT2D eigenvalue weighted by Gasteiger charge is -2.37. The Bertz CT molecular complexity index is 354. The summed E-state index contributed by atoms with van der Waals surface area (Å²) in [6.45, 7) is 5.54. The van der Waals surface area contributed by atoms with Gasteiger partial charge in [-0.15, -0.1) is 0 Å². The first kappa shape index (κ1) is 12.4. The highest BCUT2D eigenvalue weighted by Crippen LogP contribution is 2.28. The van der Waals surface area contributed by atoms with Crippen LogP contribution in [0.5, 0.6) is 0 Å². The fourth-order valence-corrected chi connectivity index (χ4v) is 2.92. The largest absolute Gasteiger partial charge is 0.369 e. The van der Waals surface area contributed by atoms with E-state index in [1.54, 1.807) is 0 Å². The van der Waals surface area contributed by atoms with E-state index in [0.717, 1.165) is 6.54 Å². The van der Waals surface area contributed by atoms with Crippen LogP contribution in [-0.4, -0.2) is 18.6 Å². The molecule has 0 atom stereocenters. The van der Waals surface area contributed by atoms with Crippen LogP contribution in [-0.2, 0) is 0 Å². The molecule has 94 valence electrons. The second-order valence-corrected chi connectivity index (χ2v) is 5.14. The molecule has 2 nitrogen and oxygen atoms in total. The van der Waals surface area contributed by atoms with Crippen LogP contribution >= 0.6 is 0 Å². The maximum Gasteiger partial charge on any atom is 0.0398 e. The van der Waals surface area contributed by atoms with E-state index in [1.807, 2.05) is 0 Å². The van der Waals surface area contributed by atoms with Crippen LogP contribution < -0.4 is 10.6 Å². The molecule has 0 spiro atoms. The van der Waals surface area contributed by atoms with E-state index in [1.165, 1.54) is 36.9 Å². The molecule has 0 aliphatic heterocycles. The highest BCUT2D eigenvalue weighted by Gasteiger charge is 2.24. The monoisotopic (exact) mass is 232 g/mol. The summed E-state index contributed by atoms with van der Waals surface area (Å²) in [6, 6.07) is 9.81. The van der Waals surface area contributed by atoms with Gasteiger partial charge in [-0.3, -0.25) is 0 Å². The number of nitrogens with two attached hydrogens (primary N) is 1. The molecule has 0 heterocycles. The number of nitrogens with zero attached hydrogens (tertiary/aromatic N) is 1. The van der Waals surface area contributed by atoms with Crippen molar-refractivity contribution in [3.05, 3.63) is 29.8 Å². The second kappa shape index (κ2) is 5.54. The summed E-state index contributed by atoms with van der Waals surface area (Å²) in [6.07, 6.45) is 4.83. The van der Waals surface area contributed by atoms with E-state index in [0.29, 0.717) is 12.1 Å². The van der Waals surface area contributed by atoms with Crippen molar-refractivity contribution in [3.8, 4) is 0 Å². The molecule has 2 rings (SSSR count). The van der Waals surface area contributed by atoms with Crippen LogP contribution in [0.15, 0.2) is 24.3 Å². The third kappa shape index (κ3) is 2.81. The van der Waals surface area contributed by atoms with Gasteiger partial charge < -0.3 is 10.6 Å². The molecule has 2 heteroatoms. The van der Waals surface area contributed by atoms with Crippen LogP contribution in [0.3, 0.4) is 0 Å². The lowest BCUT2D eigenvalue weighted by atomic mass is 9.90. The smallest absolute Gasteiger partial charge is 0.0398 e. The summed E-state index contributed by atoms with van der Waals surface area (Å²) in [5.41, 5.74) is 8.77. The Morgan fingerprint density at radius 3 is 2.41 bits per heavy atom. The molecule has 0 radical (unpaired) electrons. The minimum Gasteiger partial charge on any atom is -0.369 e. The molecule has 17 heavy (non-hydrogen) atoms. The molecule has 1 aliphatic carbocycles. The van der Waals surface area contributed by atoms with Gasteiger partial charge in [-0.25, -0.2) is 0 Å². The molecule has 0 aromatic heterocycles. The third-order valence-corrected chi connectivity index (χ3v) is 3.95. The van der Waals surface area contributed by atoms with Gasteiger partial charge in [-0.1, -0.05) is 18.2 Å². The van der Waals surface area contributed by atoms with Crippen LogP contribution in [0.25, 0.3) is 0 Å². The molecule has 1 saturated carbocycles. The summed E-state index contributed by atoms with van der Waals surface area (Å²) in [7, 11) is 0. The highest BCUT2D eigenvalue weighted by molar-refractivity contribution is 5.53. The van der Waals surface area contributed by atoms with E-state index in [-0.39, 0.29) is 0 Å². The summed E-state index contributed by atoms with van der Waals surface area (Å²) in [5.74, 6) is 0. The van der Waals surface area contributed by atoms with Crippen molar-refractivity contribution in [1.29, 1.82) is 0 Å². The van der Waals surface area contributed by atoms with Gasteiger partial charge in [0, 0.05) is 24.3 Å². The van der Waals surface area contributed by atoms with Gasteiger partial charge in [0.1, 0.15) is 0 Å². The zero-order valence-electron chi connectivity index (χ0n) is 11.0. The standard InChI is InChI=1S/C15H24N2/c1-3-17(14-10-8-13(16)9-11-14)15-7-5-4-6-12(15)2/h4-7,13-14H,3,8-11,16H2,1-2H3. The van der Waals surface area contributed by atoms with Crippen molar-refractivity contribution in [2.75, 3.05) is 11.4 Å². The molecule has 0 saturated heterocycles. The predicted molar refractivity (Wildman–Crippen MR) is 74.4 cm³/mol. The quantitative estimate of drug-likeness (QED) is 0.867. The van der Waals surface area contributed by atoms with Gasteiger partial charge >= 0.3 is 0 Å².